The van der Waals surface area contributed by atoms with Crippen molar-refractivity contribution in [1.29, 1.82) is 0 Å². The molecule has 27 heavy (non-hydrogen) atoms. The van der Waals surface area contributed by atoms with Crippen LogP contribution in [0.2, 0.25) is 0 Å². The highest BCUT2D eigenvalue weighted by atomic mass is 16.5. The number of benzene rings is 2. The fourth-order valence-corrected chi connectivity index (χ4v) is 3.33. The van der Waals surface area contributed by atoms with Crippen molar-refractivity contribution in [3.63, 3.8) is 0 Å². The third-order valence-electron chi connectivity index (χ3n) is 4.80. The van der Waals surface area contributed by atoms with Crippen molar-refractivity contribution in [1.82, 2.24) is 11.0 Å². The van der Waals surface area contributed by atoms with Gasteiger partial charge < -0.3 is 19.9 Å². The second kappa shape index (κ2) is 11.6. The third kappa shape index (κ3) is 6.84. The molecule has 0 fully saturated rings. The third-order valence-corrected chi connectivity index (χ3v) is 4.80. The van der Waals surface area contributed by atoms with Gasteiger partial charge in [-0.05, 0) is 67.0 Å². The summed E-state index contributed by atoms with van der Waals surface area (Å²) in [5.41, 5.74) is 6.98. The van der Waals surface area contributed by atoms with Gasteiger partial charge in [0, 0.05) is 12.6 Å². The Morgan fingerprint density at radius 3 is 2.33 bits per heavy atom. The summed E-state index contributed by atoms with van der Waals surface area (Å²) in [6.07, 6.45) is 3.20. The van der Waals surface area contributed by atoms with E-state index in [-0.39, 0.29) is 12.0 Å². The van der Waals surface area contributed by atoms with Crippen LogP contribution in [0.4, 0.5) is 0 Å². The van der Waals surface area contributed by atoms with Crippen LogP contribution in [-0.4, -0.2) is 37.2 Å². The first-order chi connectivity index (χ1) is 13.2. The second-order valence-electron chi connectivity index (χ2n) is 6.64. The molecule has 0 aliphatic heterocycles. The lowest BCUT2D eigenvalue weighted by Crippen LogP contribution is -2.30. The summed E-state index contributed by atoms with van der Waals surface area (Å²) in [6.45, 7) is 0.541. The van der Waals surface area contributed by atoms with Gasteiger partial charge in [0.2, 0.25) is 0 Å². The van der Waals surface area contributed by atoms with Gasteiger partial charge in [-0.25, -0.2) is 11.0 Å². The minimum atomic E-state index is -0.0914. The van der Waals surface area contributed by atoms with E-state index in [0.29, 0.717) is 13.0 Å². The van der Waals surface area contributed by atoms with Gasteiger partial charge in [0.1, 0.15) is 11.5 Å². The Morgan fingerprint density at radius 2 is 1.70 bits per heavy atom. The van der Waals surface area contributed by atoms with E-state index in [1.165, 1.54) is 5.56 Å². The molecule has 0 aliphatic carbocycles. The minimum absolute atomic E-state index is 0.0914. The molecule has 2 atom stereocenters. The zero-order valence-electron chi connectivity index (χ0n) is 16.0. The largest absolute Gasteiger partial charge is 0.497 e. The Labute approximate surface area is 161 Å². The molecular formula is C21H30N2O4. The number of hydrogen-bond acceptors (Lipinski definition) is 6. The summed E-state index contributed by atoms with van der Waals surface area (Å²) in [5.74, 6) is 1.88. The molecule has 6 nitrogen and oxygen atoms in total. The van der Waals surface area contributed by atoms with Crippen LogP contribution in [0.15, 0.2) is 48.5 Å². The zero-order chi connectivity index (χ0) is 19.5. The molecule has 0 aliphatic rings. The SMILES string of the molecule is COc1ccc(C(CCCNO)CC(Cc2cccc(OC)c2)NO)cc1. The predicted molar refractivity (Wildman–Crippen MR) is 105 cm³/mol. The Hall–Kier alpha value is -2.12. The van der Waals surface area contributed by atoms with Crippen molar-refractivity contribution < 1.29 is 19.9 Å². The van der Waals surface area contributed by atoms with Crippen molar-refractivity contribution in [2.45, 2.75) is 37.6 Å². The molecule has 148 valence electrons. The molecule has 4 N–H and O–H groups in total. The summed E-state index contributed by atoms with van der Waals surface area (Å²) < 4.78 is 10.5. The van der Waals surface area contributed by atoms with E-state index >= 15 is 0 Å². The van der Waals surface area contributed by atoms with Crippen LogP contribution in [0.25, 0.3) is 0 Å². The lowest BCUT2D eigenvalue weighted by atomic mass is 9.86. The highest BCUT2D eigenvalue weighted by Gasteiger charge is 2.19. The van der Waals surface area contributed by atoms with Gasteiger partial charge in [-0.1, -0.05) is 24.3 Å². The Balaban J connectivity index is 2.09. The molecular weight excluding hydrogens is 344 g/mol. The molecule has 0 spiro atoms. The lowest BCUT2D eigenvalue weighted by molar-refractivity contribution is 0.116. The summed E-state index contributed by atoms with van der Waals surface area (Å²) in [6, 6.07) is 15.8. The molecule has 2 unspecified atom stereocenters. The number of ether oxygens (including phenoxy) is 2. The maximum atomic E-state index is 9.71. The topological polar surface area (TPSA) is 83.0 Å². The van der Waals surface area contributed by atoms with Crippen LogP contribution in [0.5, 0.6) is 11.5 Å². The zero-order valence-corrected chi connectivity index (χ0v) is 16.0. The van der Waals surface area contributed by atoms with Crippen molar-refractivity contribution in [3.8, 4) is 11.5 Å². The van der Waals surface area contributed by atoms with Crippen molar-refractivity contribution in [2.75, 3.05) is 20.8 Å². The molecule has 0 heterocycles. The van der Waals surface area contributed by atoms with E-state index in [0.717, 1.165) is 36.3 Å². The van der Waals surface area contributed by atoms with Gasteiger partial charge in [0.25, 0.3) is 0 Å². The van der Waals surface area contributed by atoms with E-state index in [4.69, 9.17) is 14.7 Å². The molecule has 2 aromatic carbocycles. The molecule has 2 aromatic rings. The maximum Gasteiger partial charge on any atom is 0.119 e. The van der Waals surface area contributed by atoms with Crippen molar-refractivity contribution in [2.24, 2.45) is 0 Å². The fraction of sp³-hybridized carbons (Fsp3) is 0.429. The summed E-state index contributed by atoms with van der Waals surface area (Å²) in [5, 5.41) is 18.6. The number of hydrogen-bond donors (Lipinski definition) is 4. The maximum absolute atomic E-state index is 9.71. The number of rotatable bonds is 12. The molecule has 0 amide bonds. The highest BCUT2D eigenvalue weighted by molar-refractivity contribution is 5.31. The predicted octanol–water partition coefficient (Wildman–Crippen LogP) is 3.53. The van der Waals surface area contributed by atoms with Gasteiger partial charge in [-0.2, -0.15) is 0 Å². The average Bonchev–Trinajstić information content (AvgIpc) is 2.72. The average molecular weight is 374 g/mol. The summed E-state index contributed by atoms with van der Waals surface area (Å²) >= 11 is 0. The van der Waals surface area contributed by atoms with Crippen LogP contribution >= 0.6 is 0 Å². The first kappa shape index (κ1) is 21.2. The van der Waals surface area contributed by atoms with E-state index in [1.807, 2.05) is 36.4 Å². The van der Waals surface area contributed by atoms with Crippen molar-refractivity contribution in [3.05, 3.63) is 59.7 Å². The highest BCUT2D eigenvalue weighted by Crippen LogP contribution is 2.29. The van der Waals surface area contributed by atoms with E-state index in [1.54, 1.807) is 14.2 Å². The smallest absolute Gasteiger partial charge is 0.119 e. The Morgan fingerprint density at radius 1 is 0.963 bits per heavy atom. The molecule has 0 aromatic heterocycles. The van der Waals surface area contributed by atoms with E-state index in [2.05, 4.69) is 23.1 Å². The minimum Gasteiger partial charge on any atom is -0.497 e. The van der Waals surface area contributed by atoms with E-state index < -0.39 is 0 Å². The van der Waals surface area contributed by atoms with Crippen LogP contribution < -0.4 is 20.4 Å². The van der Waals surface area contributed by atoms with Crippen LogP contribution in [0.3, 0.4) is 0 Å². The standard InChI is InChI=1S/C21H30N2O4/c1-26-20-10-8-17(9-11-20)18(6-4-12-22-24)15-19(23-25)13-16-5-3-7-21(14-16)27-2/h3,5,7-11,14,18-19,22-25H,4,6,12-13,15H2,1-2H3. The Bertz CT molecular complexity index is 663. The monoisotopic (exact) mass is 374 g/mol. The molecule has 0 saturated carbocycles. The van der Waals surface area contributed by atoms with Crippen molar-refractivity contribution >= 4 is 0 Å². The van der Waals surface area contributed by atoms with Crippen LogP contribution in [0, 0.1) is 0 Å². The van der Waals surface area contributed by atoms with E-state index in [9.17, 15) is 5.21 Å². The second-order valence-corrected chi connectivity index (χ2v) is 6.64. The van der Waals surface area contributed by atoms with Crippen LogP contribution in [0.1, 0.15) is 36.3 Å². The quantitative estimate of drug-likeness (QED) is 0.336. The lowest BCUT2D eigenvalue weighted by Gasteiger charge is -2.23. The van der Waals surface area contributed by atoms with Gasteiger partial charge in [-0.3, -0.25) is 0 Å². The number of nitrogens with one attached hydrogen (secondary N) is 2. The first-order valence-electron chi connectivity index (χ1n) is 9.23. The number of hydroxylamine groups is 2. The molecule has 2 rings (SSSR count). The summed E-state index contributed by atoms with van der Waals surface area (Å²) in [7, 11) is 3.30. The fourth-order valence-electron chi connectivity index (χ4n) is 3.33. The van der Waals surface area contributed by atoms with Gasteiger partial charge >= 0.3 is 0 Å². The van der Waals surface area contributed by atoms with Gasteiger partial charge in [0.05, 0.1) is 14.2 Å². The van der Waals surface area contributed by atoms with Crippen LogP contribution in [-0.2, 0) is 6.42 Å². The molecule has 0 bridgehead atoms. The molecule has 0 radical (unpaired) electrons. The van der Waals surface area contributed by atoms with Gasteiger partial charge in [0.15, 0.2) is 0 Å². The Kier molecular flexibility index (Phi) is 9.07. The first-order valence-corrected chi connectivity index (χ1v) is 9.23. The van der Waals surface area contributed by atoms with Gasteiger partial charge in [-0.15, -0.1) is 0 Å². The molecule has 6 heteroatoms. The summed E-state index contributed by atoms with van der Waals surface area (Å²) in [4.78, 5) is 0. The molecule has 0 saturated heterocycles. The normalized spacial score (nSPS) is 13.2. The number of methoxy groups -OCH3 is 2.